The van der Waals surface area contributed by atoms with E-state index in [9.17, 15) is 9.59 Å². The maximum absolute atomic E-state index is 12.6. The minimum absolute atomic E-state index is 0.0542. The van der Waals surface area contributed by atoms with Gasteiger partial charge in [-0.15, -0.1) is 0 Å². The summed E-state index contributed by atoms with van der Waals surface area (Å²) < 4.78 is 8.04. The second kappa shape index (κ2) is 6.43. The van der Waals surface area contributed by atoms with E-state index >= 15 is 0 Å². The molecule has 1 amide bonds. The van der Waals surface area contributed by atoms with Gasteiger partial charge in [0.05, 0.1) is 11.9 Å². The normalized spacial score (nSPS) is 11.0. The van der Waals surface area contributed by atoms with Crippen LogP contribution in [0.1, 0.15) is 10.6 Å². The number of hydrogen-bond acceptors (Lipinski definition) is 5. The first-order valence-electron chi connectivity index (χ1n) is 7.31. The molecule has 130 valence electrons. The largest absolute Gasteiger partial charge is 0.444 e. The number of nitrogens with zero attached hydrogens (tertiary/aromatic N) is 4. The van der Waals surface area contributed by atoms with Gasteiger partial charge in [-0.25, -0.2) is 14.3 Å². The SMILES string of the molecule is O=C(Nn1cnc2c(cnn2-c2cccc(Cl)c2)c1=O)c1ccc(Br)o1. The number of aromatic nitrogens is 4. The summed E-state index contributed by atoms with van der Waals surface area (Å²) in [6.45, 7) is 0. The molecule has 0 bridgehead atoms. The van der Waals surface area contributed by atoms with E-state index in [1.807, 2.05) is 0 Å². The number of fused-ring (bicyclic) bond motifs is 1. The Morgan fingerprint density at radius 3 is 2.85 bits per heavy atom. The van der Waals surface area contributed by atoms with Crippen molar-refractivity contribution in [2.45, 2.75) is 0 Å². The number of furan rings is 1. The highest BCUT2D eigenvalue weighted by molar-refractivity contribution is 9.10. The quantitative estimate of drug-likeness (QED) is 0.535. The molecule has 0 aliphatic carbocycles. The Kier molecular flexibility index (Phi) is 4.09. The van der Waals surface area contributed by atoms with Crippen molar-refractivity contribution in [1.82, 2.24) is 19.4 Å². The molecule has 0 aliphatic heterocycles. The number of benzene rings is 1. The predicted molar refractivity (Wildman–Crippen MR) is 98.2 cm³/mol. The van der Waals surface area contributed by atoms with Gasteiger partial charge >= 0.3 is 5.91 Å². The Labute approximate surface area is 159 Å². The summed E-state index contributed by atoms with van der Waals surface area (Å²) in [6, 6.07) is 10.1. The summed E-state index contributed by atoms with van der Waals surface area (Å²) in [7, 11) is 0. The molecule has 1 N–H and O–H groups in total. The van der Waals surface area contributed by atoms with Crippen LogP contribution in [0.3, 0.4) is 0 Å². The average Bonchev–Trinajstić information content (AvgIpc) is 3.24. The van der Waals surface area contributed by atoms with Crippen LogP contribution in [0.4, 0.5) is 0 Å². The number of halogens is 2. The van der Waals surface area contributed by atoms with E-state index < -0.39 is 11.5 Å². The Bertz CT molecular complexity index is 1200. The third-order valence-corrected chi connectivity index (χ3v) is 4.22. The fraction of sp³-hybridized carbons (Fsp3) is 0. The van der Waals surface area contributed by atoms with E-state index in [1.165, 1.54) is 23.3 Å². The van der Waals surface area contributed by atoms with Crippen LogP contribution in [0.25, 0.3) is 16.7 Å². The molecule has 0 saturated carbocycles. The van der Waals surface area contributed by atoms with Gasteiger partial charge in [0.25, 0.3) is 5.56 Å². The first-order valence-corrected chi connectivity index (χ1v) is 8.48. The second-order valence-corrected chi connectivity index (χ2v) is 6.46. The molecule has 4 aromatic rings. The molecule has 3 heterocycles. The molecule has 0 radical (unpaired) electrons. The van der Waals surface area contributed by atoms with Crippen LogP contribution in [0.15, 0.2) is 62.8 Å². The maximum Gasteiger partial charge on any atom is 0.305 e. The lowest BCUT2D eigenvalue weighted by atomic mass is 10.3. The molecule has 0 atom stereocenters. The van der Waals surface area contributed by atoms with Gasteiger partial charge in [0.15, 0.2) is 16.1 Å². The molecule has 1 aromatic carbocycles. The van der Waals surface area contributed by atoms with Crippen molar-refractivity contribution >= 4 is 44.5 Å². The minimum Gasteiger partial charge on any atom is -0.444 e. The fourth-order valence-electron chi connectivity index (χ4n) is 2.39. The minimum atomic E-state index is -0.582. The number of hydrogen-bond donors (Lipinski definition) is 1. The summed E-state index contributed by atoms with van der Waals surface area (Å²) in [5.41, 5.74) is 2.97. The molecule has 10 heteroatoms. The van der Waals surface area contributed by atoms with Gasteiger partial charge in [0.2, 0.25) is 0 Å². The standard InChI is InChI=1S/C16H9BrClN5O3/c17-13-5-4-12(26-13)15(24)21-22-8-19-14-11(16(22)25)7-20-23(14)10-3-1-2-9(18)6-10/h1-8H,(H,21,24). The first kappa shape index (κ1) is 16.6. The van der Waals surface area contributed by atoms with Gasteiger partial charge in [-0.2, -0.15) is 5.10 Å². The fourth-order valence-corrected chi connectivity index (χ4v) is 2.88. The molecule has 0 spiro atoms. The third kappa shape index (κ3) is 2.91. The van der Waals surface area contributed by atoms with Crippen molar-refractivity contribution in [1.29, 1.82) is 0 Å². The maximum atomic E-state index is 12.6. The zero-order chi connectivity index (χ0) is 18.3. The lowest BCUT2D eigenvalue weighted by Crippen LogP contribution is -2.33. The molecule has 0 unspecified atom stereocenters. The Balaban J connectivity index is 1.72. The molecule has 8 nitrogen and oxygen atoms in total. The van der Waals surface area contributed by atoms with Crippen LogP contribution in [0.2, 0.25) is 5.02 Å². The third-order valence-electron chi connectivity index (χ3n) is 3.56. The van der Waals surface area contributed by atoms with Crippen LogP contribution in [-0.4, -0.2) is 25.3 Å². The van der Waals surface area contributed by atoms with Crippen molar-refractivity contribution in [3.05, 3.63) is 74.7 Å². The molecule has 3 aromatic heterocycles. The summed E-state index contributed by atoms with van der Waals surface area (Å²) in [4.78, 5) is 29.0. The number of rotatable bonds is 3. The molecular weight excluding hydrogens is 426 g/mol. The number of carbonyl (C=O) groups excluding carboxylic acids is 1. The topological polar surface area (TPSA) is 95.0 Å². The highest BCUT2D eigenvalue weighted by Crippen LogP contribution is 2.17. The molecule has 0 saturated heterocycles. The van der Waals surface area contributed by atoms with Gasteiger partial charge in [-0.05, 0) is 46.3 Å². The highest BCUT2D eigenvalue weighted by atomic mass is 79.9. The first-order chi connectivity index (χ1) is 12.5. The Morgan fingerprint density at radius 1 is 1.27 bits per heavy atom. The van der Waals surface area contributed by atoms with E-state index in [0.717, 1.165) is 4.68 Å². The monoisotopic (exact) mass is 433 g/mol. The Morgan fingerprint density at radius 2 is 2.12 bits per heavy atom. The van der Waals surface area contributed by atoms with Gasteiger partial charge < -0.3 is 4.42 Å². The lowest BCUT2D eigenvalue weighted by molar-refractivity contribution is 0.0979. The molecule has 0 aliphatic rings. The van der Waals surface area contributed by atoms with Crippen LogP contribution in [0, 0.1) is 0 Å². The zero-order valence-electron chi connectivity index (χ0n) is 12.9. The zero-order valence-corrected chi connectivity index (χ0v) is 15.2. The number of carbonyl (C=O) groups is 1. The van der Waals surface area contributed by atoms with Crippen molar-refractivity contribution in [2.24, 2.45) is 0 Å². The average molecular weight is 435 g/mol. The summed E-state index contributed by atoms with van der Waals surface area (Å²) in [5.74, 6) is -0.528. The molecule has 0 fully saturated rings. The van der Waals surface area contributed by atoms with Crippen LogP contribution >= 0.6 is 27.5 Å². The molecule has 26 heavy (non-hydrogen) atoms. The smallest absolute Gasteiger partial charge is 0.305 e. The van der Waals surface area contributed by atoms with Crippen molar-refractivity contribution in [2.75, 3.05) is 5.43 Å². The number of amides is 1. The Hall–Kier alpha value is -2.91. The van der Waals surface area contributed by atoms with E-state index in [4.69, 9.17) is 16.0 Å². The van der Waals surface area contributed by atoms with Gasteiger partial charge in [0, 0.05) is 5.02 Å². The van der Waals surface area contributed by atoms with E-state index in [2.05, 4.69) is 31.4 Å². The summed E-state index contributed by atoms with van der Waals surface area (Å²) in [5, 5.41) is 4.98. The predicted octanol–water partition coefficient (Wildman–Crippen LogP) is 2.98. The van der Waals surface area contributed by atoms with Gasteiger partial charge in [-0.3, -0.25) is 15.0 Å². The highest BCUT2D eigenvalue weighted by Gasteiger charge is 2.15. The van der Waals surface area contributed by atoms with Crippen molar-refractivity contribution < 1.29 is 9.21 Å². The van der Waals surface area contributed by atoms with Gasteiger partial charge in [0.1, 0.15) is 11.7 Å². The second-order valence-electron chi connectivity index (χ2n) is 5.24. The van der Waals surface area contributed by atoms with Crippen LogP contribution in [0.5, 0.6) is 0 Å². The molecular formula is C16H9BrClN5O3. The number of nitrogens with one attached hydrogen (secondary N) is 1. The van der Waals surface area contributed by atoms with E-state index in [0.29, 0.717) is 21.0 Å². The van der Waals surface area contributed by atoms with Crippen LogP contribution < -0.4 is 11.0 Å². The van der Waals surface area contributed by atoms with Gasteiger partial charge in [-0.1, -0.05) is 17.7 Å². The lowest BCUT2D eigenvalue weighted by Gasteiger charge is -2.07. The van der Waals surface area contributed by atoms with E-state index in [1.54, 1.807) is 30.3 Å². The van der Waals surface area contributed by atoms with Crippen molar-refractivity contribution in [3.63, 3.8) is 0 Å². The van der Waals surface area contributed by atoms with Crippen molar-refractivity contribution in [3.8, 4) is 5.69 Å². The summed E-state index contributed by atoms with van der Waals surface area (Å²) in [6.07, 6.45) is 2.60. The molecule has 4 rings (SSSR count). The van der Waals surface area contributed by atoms with Crippen LogP contribution in [-0.2, 0) is 0 Å². The van der Waals surface area contributed by atoms with E-state index in [-0.39, 0.29) is 11.1 Å². The summed E-state index contributed by atoms with van der Waals surface area (Å²) >= 11 is 9.11.